The summed E-state index contributed by atoms with van der Waals surface area (Å²) in [6, 6.07) is 5.32. The van der Waals surface area contributed by atoms with Crippen LogP contribution in [0.25, 0.3) is 0 Å². The molecule has 26 heavy (non-hydrogen) atoms. The Morgan fingerprint density at radius 2 is 2.12 bits per heavy atom. The van der Waals surface area contributed by atoms with Crippen molar-refractivity contribution in [2.45, 2.75) is 44.9 Å². The highest BCUT2D eigenvalue weighted by Crippen LogP contribution is 2.59. The van der Waals surface area contributed by atoms with E-state index in [2.05, 4.69) is 5.16 Å². The van der Waals surface area contributed by atoms with Crippen molar-refractivity contribution in [3.8, 4) is 5.75 Å². The third-order valence-corrected chi connectivity index (χ3v) is 7.04. The van der Waals surface area contributed by atoms with E-state index < -0.39 is 15.7 Å². The van der Waals surface area contributed by atoms with Crippen molar-refractivity contribution in [1.29, 1.82) is 0 Å². The number of hydrogen-bond donors (Lipinski definition) is 2. The minimum absolute atomic E-state index is 0.00820. The van der Waals surface area contributed by atoms with Crippen molar-refractivity contribution in [2.75, 3.05) is 0 Å². The van der Waals surface area contributed by atoms with Crippen LogP contribution in [0.4, 0.5) is 0 Å². The number of benzene rings is 1. The first kappa shape index (κ1) is 17.5. The number of hydrogen-bond acceptors (Lipinski definition) is 6. The number of oxime groups is 1. The molecule has 0 saturated heterocycles. The van der Waals surface area contributed by atoms with Crippen molar-refractivity contribution in [3.05, 3.63) is 29.3 Å². The van der Waals surface area contributed by atoms with Gasteiger partial charge in [-0.3, -0.25) is 4.79 Å². The molecule has 1 aromatic carbocycles. The molecule has 3 aliphatic carbocycles. The molecule has 4 rings (SSSR count). The minimum Gasteiger partial charge on any atom is -0.411 e. The molecule has 2 fully saturated rings. The summed E-state index contributed by atoms with van der Waals surface area (Å²) in [6.07, 6.45) is 3.92. The lowest BCUT2D eigenvalue weighted by Gasteiger charge is -2.47. The van der Waals surface area contributed by atoms with Crippen LogP contribution in [-0.4, -0.2) is 25.1 Å². The highest BCUT2D eigenvalue weighted by molar-refractivity contribution is 7.84. The monoisotopic (exact) mass is 378 g/mol. The highest BCUT2D eigenvalue weighted by Gasteiger charge is 2.57. The Morgan fingerprint density at radius 1 is 1.35 bits per heavy atom. The SMILES string of the molecule is C[C@]12CCC3c4ccc(OS(N)(=O)=O)cc4CCC3C1C/C(=N\O)C2=O. The first-order valence-electron chi connectivity index (χ1n) is 8.84. The number of rotatable bonds is 2. The molecule has 0 aromatic heterocycles. The Labute approximate surface area is 152 Å². The molecule has 0 amide bonds. The number of aryl methyl sites for hydroxylation is 1. The standard InChI is InChI=1S/C18H22N2O5S/c1-18-7-6-13-12-5-3-11(25-26(19,23)24)8-10(12)2-4-14(13)15(18)9-16(20-22)17(18)21/h3,5,8,13-15,22H,2,4,6-7,9H2,1H3,(H2,19,23,24)/b20-16+/t13?,14?,15?,18-/m0/s1. The van der Waals surface area contributed by atoms with Crippen LogP contribution in [0.5, 0.6) is 5.75 Å². The van der Waals surface area contributed by atoms with Crippen LogP contribution in [0.1, 0.15) is 49.7 Å². The van der Waals surface area contributed by atoms with E-state index in [-0.39, 0.29) is 17.5 Å². The number of fused-ring (bicyclic) bond motifs is 5. The van der Waals surface area contributed by atoms with Crippen LogP contribution >= 0.6 is 0 Å². The molecule has 140 valence electrons. The van der Waals surface area contributed by atoms with Crippen LogP contribution in [0.3, 0.4) is 0 Å². The molecule has 3 aliphatic rings. The van der Waals surface area contributed by atoms with Gasteiger partial charge in [-0.2, -0.15) is 13.6 Å². The molecule has 7 nitrogen and oxygen atoms in total. The molecular weight excluding hydrogens is 356 g/mol. The van der Waals surface area contributed by atoms with Crippen molar-refractivity contribution in [2.24, 2.45) is 27.5 Å². The average molecular weight is 378 g/mol. The summed E-state index contributed by atoms with van der Waals surface area (Å²) in [4.78, 5) is 12.6. The maximum Gasteiger partial charge on any atom is 0.380 e. The Hall–Kier alpha value is -1.93. The predicted molar refractivity (Wildman–Crippen MR) is 94.4 cm³/mol. The van der Waals surface area contributed by atoms with Gasteiger partial charge in [-0.1, -0.05) is 18.1 Å². The normalized spacial score (nSPS) is 34.9. The van der Waals surface area contributed by atoms with Crippen LogP contribution < -0.4 is 9.32 Å². The van der Waals surface area contributed by atoms with E-state index in [9.17, 15) is 13.2 Å². The van der Waals surface area contributed by atoms with Gasteiger partial charge in [-0.05, 0) is 66.7 Å². The van der Waals surface area contributed by atoms with E-state index in [4.69, 9.17) is 14.5 Å². The summed E-state index contributed by atoms with van der Waals surface area (Å²) in [5.74, 6) is 1.09. The van der Waals surface area contributed by atoms with Crippen LogP contribution in [0, 0.1) is 17.3 Å². The van der Waals surface area contributed by atoms with E-state index in [1.54, 1.807) is 12.1 Å². The Kier molecular flexibility index (Phi) is 3.89. The molecule has 2 saturated carbocycles. The Bertz CT molecular complexity index is 910. The molecule has 3 unspecified atom stereocenters. The van der Waals surface area contributed by atoms with Crippen molar-refractivity contribution in [1.82, 2.24) is 0 Å². The van der Waals surface area contributed by atoms with Crippen molar-refractivity contribution < 1.29 is 22.6 Å². The van der Waals surface area contributed by atoms with Gasteiger partial charge in [0.15, 0.2) is 5.78 Å². The van der Waals surface area contributed by atoms with Gasteiger partial charge >= 0.3 is 10.3 Å². The lowest BCUT2D eigenvalue weighted by molar-refractivity contribution is -0.125. The molecule has 0 radical (unpaired) electrons. The zero-order valence-electron chi connectivity index (χ0n) is 14.5. The zero-order valence-corrected chi connectivity index (χ0v) is 15.3. The number of ketones is 1. The van der Waals surface area contributed by atoms with Crippen LogP contribution in [0.15, 0.2) is 23.4 Å². The van der Waals surface area contributed by atoms with E-state index in [0.29, 0.717) is 24.0 Å². The fourth-order valence-electron chi connectivity index (χ4n) is 5.44. The van der Waals surface area contributed by atoms with E-state index in [1.165, 1.54) is 5.56 Å². The summed E-state index contributed by atoms with van der Waals surface area (Å²) in [7, 11) is -4.04. The zero-order chi connectivity index (χ0) is 18.7. The molecule has 0 heterocycles. The number of carbonyl (C=O) groups is 1. The van der Waals surface area contributed by atoms with Gasteiger partial charge in [-0.15, -0.1) is 0 Å². The second kappa shape index (κ2) is 5.79. The number of carbonyl (C=O) groups excluding carboxylic acids is 1. The summed E-state index contributed by atoms with van der Waals surface area (Å²) < 4.78 is 27.1. The molecule has 0 aliphatic heterocycles. The number of Topliss-reactive ketones (excluding diaryl/α,β-unsaturated/α-hetero) is 1. The quantitative estimate of drug-likeness (QED) is 0.603. The lowest BCUT2D eigenvalue weighted by atomic mass is 9.55. The van der Waals surface area contributed by atoms with Gasteiger partial charge in [-0.25, -0.2) is 0 Å². The second-order valence-electron chi connectivity index (χ2n) is 7.89. The topological polar surface area (TPSA) is 119 Å². The summed E-state index contributed by atoms with van der Waals surface area (Å²) in [5, 5.41) is 17.4. The lowest BCUT2D eigenvalue weighted by Crippen LogP contribution is -2.42. The fourth-order valence-corrected chi connectivity index (χ4v) is 5.81. The minimum atomic E-state index is -4.04. The van der Waals surface area contributed by atoms with E-state index >= 15 is 0 Å². The van der Waals surface area contributed by atoms with Crippen molar-refractivity contribution in [3.63, 3.8) is 0 Å². The van der Waals surface area contributed by atoms with E-state index in [0.717, 1.165) is 31.2 Å². The Balaban J connectivity index is 1.66. The molecule has 1 aromatic rings. The first-order valence-corrected chi connectivity index (χ1v) is 10.3. The smallest absolute Gasteiger partial charge is 0.380 e. The molecule has 0 spiro atoms. The number of nitrogens with two attached hydrogens (primary N) is 1. The van der Waals surface area contributed by atoms with Gasteiger partial charge in [0.2, 0.25) is 0 Å². The fraction of sp³-hybridized carbons (Fsp3) is 0.556. The highest BCUT2D eigenvalue weighted by atomic mass is 32.2. The third-order valence-electron chi connectivity index (χ3n) is 6.61. The van der Waals surface area contributed by atoms with Gasteiger partial charge in [0, 0.05) is 11.8 Å². The molecule has 8 heteroatoms. The summed E-state index contributed by atoms with van der Waals surface area (Å²) in [5.41, 5.74) is 2.15. The Morgan fingerprint density at radius 3 is 2.81 bits per heavy atom. The third kappa shape index (κ3) is 2.63. The van der Waals surface area contributed by atoms with Crippen LogP contribution in [-0.2, 0) is 21.5 Å². The van der Waals surface area contributed by atoms with Gasteiger partial charge in [0.1, 0.15) is 11.5 Å². The maximum atomic E-state index is 12.6. The molecular formula is C18H22N2O5S. The molecule has 0 bridgehead atoms. The summed E-state index contributed by atoms with van der Waals surface area (Å²) >= 11 is 0. The van der Waals surface area contributed by atoms with Gasteiger partial charge < -0.3 is 9.39 Å². The van der Waals surface area contributed by atoms with Gasteiger partial charge in [0.25, 0.3) is 0 Å². The number of nitrogens with zero attached hydrogens (tertiary/aromatic N) is 1. The summed E-state index contributed by atoms with van der Waals surface area (Å²) in [6.45, 7) is 2.01. The molecule has 3 N–H and O–H groups in total. The van der Waals surface area contributed by atoms with Gasteiger partial charge in [0.05, 0.1) is 0 Å². The van der Waals surface area contributed by atoms with E-state index in [1.807, 2.05) is 13.0 Å². The predicted octanol–water partition coefficient (Wildman–Crippen LogP) is 2.13. The second-order valence-corrected chi connectivity index (χ2v) is 9.04. The maximum absolute atomic E-state index is 12.6. The largest absolute Gasteiger partial charge is 0.411 e. The molecule has 4 atom stereocenters. The first-order chi connectivity index (χ1) is 12.2. The van der Waals surface area contributed by atoms with Crippen LogP contribution in [0.2, 0.25) is 0 Å². The average Bonchev–Trinajstić information content (AvgIpc) is 2.84. The van der Waals surface area contributed by atoms with Crippen molar-refractivity contribution >= 4 is 21.8 Å².